The van der Waals surface area contributed by atoms with Crippen LogP contribution in [0.3, 0.4) is 0 Å². The van der Waals surface area contributed by atoms with Gasteiger partial charge in [-0.1, -0.05) is 32.0 Å². The molecule has 0 radical (unpaired) electrons. The van der Waals surface area contributed by atoms with Crippen LogP contribution in [-0.4, -0.2) is 17.6 Å². The zero-order chi connectivity index (χ0) is 13.1. The molecule has 0 aliphatic heterocycles. The van der Waals surface area contributed by atoms with Gasteiger partial charge >= 0.3 is 5.97 Å². The number of thiophene rings is 1. The minimum Gasteiger partial charge on any atom is -0.480 e. The molecule has 96 valence electrons. The van der Waals surface area contributed by atoms with Crippen molar-refractivity contribution < 1.29 is 9.90 Å². The van der Waals surface area contributed by atoms with Gasteiger partial charge in [-0.2, -0.15) is 0 Å². The van der Waals surface area contributed by atoms with E-state index in [-0.39, 0.29) is 0 Å². The van der Waals surface area contributed by atoms with E-state index in [0.29, 0.717) is 12.5 Å². The van der Waals surface area contributed by atoms with Crippen LogP contribution in [0.5, 0.6) is 0 Å². The van der Waals surface area contributed by atoms with Gasteiger partial charge in [0.15, 0.2) is 0 Å². The second-order valence-electron chi connectivity index (χ2n) is 4.76. The normalized spacial score (nSPS) is 13.1. The number of hydrogen-bond donors (Lipinski definition) is 2. The summed E-state index contributed by atoms with van der Waals surface area (Å²) in [7, 11) is 0. The fourth-order valence-electron chi connectivity index (χ4n) is 1.91. The van der Waals surface area contributed by atoms with Crippen LogP contribution in [0.1, 0.15) is 25.5 Å². The lowest BCUT2D eigenvalue weighted by Gasteiger charge is -2.15. The molecule has 1 unspecified atom stereocenters. The highest BCUT2D eigenvalue weighted by Crippen LogP contribution is 2.30. The zero-order valence-electron chi connectivity index (χ0n) is 10.5. The first-order chi connectivity index (χ1) is 8.59. The molecule has 4 heteroatoms. The minimum absolute atomic E-state index is 0.428. The molecule has 0 saturated carbocycles. The van der Waals surface area contributed by atoms with Gasteiger partial charge in [0, 0.05) is 4.70 Å². The molecular weight excluding hydrogens is 246 g/mol. The predicted octanol–water partition coefficient (Wildman–Crippen LogP) is 3.27. The summed E-state index contributed by atoms with van der Waals surface area (Å²) >= 11 is 1.59. The molecule has 2 N–H and O–H groups in total. The average Bonchev–Trinajstić information content (AvgIpc) is 2.73. The summed E-state index contributed by atoms with van der Waals surface area (Å²) in [6, 6.07) is 7.29. The molecular formula is C14H17NO2S. The number of aliphatic carboxylic acids is 1. The summed E-state index contributed by atoms with van der Waals surface area (Å²) in [5.74, 6) is -0.393. The fraction of sp³-hybridized carbons (Fsp3) is 0.357. The molecule has 0 saturated heterocycles. The molecule has 0 amide bonds. The summed E-state index contributed by atoms with van der Waals surface area (Å²) in [6.45, 7) is 4.83. The molecule has 3 nitrogen and oxygen atoms in total. The molecule has 0 fully saturated rings. The molecule has 0 spiro atoms. The molecule has 1 aromatic heterocycles. The van der Waals surface area contributed by atoms with Gasteiger partial charge in [-0.3, -0.25) is 4.79 Å². The summed E-state index contributed by atoms with van der Waals surface area (Å²) < 4.78 is 1.13. The van der Waals surface area contributed by atoms with Crippen molar-refractivity contribution in [2.45, 2.75) is 19.9 Å². The molecule has 2 aromatic rings. The van der Waals surface area contributed by atoms with E-state index in [0.717, 1.165) is 15.6 Å². The lowest BCUT2D eigenvalue weighted by molar-refractivity contribution is -0.139. The van der Waals surface area contributed by atoms with E-state index in [1.165, 1.54) is 0 Å². The molecule has 18 heavy (non-hydrogen) atoms. The Hall–Kier alpha value is -1.39. The Morgan fingerprint density at radius 2 is 2.11 bits per heavy atom. The second-order valence-corrected chi connectivity index (χ2v) is 5.67. The highest BCUT2D eigenvalue weighted by atomic mass is 32.1. The summed E-state index contributed by atoms with van der Waals surface area (Å²) in [5, 5.41) is 15.5. The Balaban J connectivity index is 2.33. The van der Waals surface area contributed by atoms with Crippen LogP contribution in [0.4, 0.5) is 0 Å². The van der Waals surface area contributed by atoms with E-state index in [1.807, 2.05) is 29.6 Å². The molecule has 2 rings (SSSR count). The summed E-state index contributed by atoms with van der Waals surface area (Å²) in [5.41, 5.74) is 0.865. The Morgan fingerprint density at radius 1 is 1.39 bits per heavy atom. The van der Waals surface area contributed by atoms with Gasteiger partial charge in [-0.25, -0.2) is 0 Å². The third-order valence-electron chi connectivity index (χ3n) is 2.80. The van der Waals surface area contributed by atoms with Gasteiger partial charge in [0.25, 0.3) is 0 Å². The number of hydrogen-bond acceptors (Lipinski definition) is 3. The van der Waals surface area contributed by atoms with Crippen LogP contribution >= 0.6 is 11.3 Å². The van der Waals surface area contributed by atoms with Crippen molar-refractivity contribution in [2.24, 2.45) is 5.92 Å². The third-order valence-corrected chi connectivity index (χ3v) is 3.78. The largest absolute Gasteiger partial charge is 0.480 e. The Morgan fingerprint density at radius 3 is 2.78 bits per heavy atom. The Bertz CT molecular complexity index is 547. The average molecular weight is 263 g/mol. The number of carboxylic acid groups (broad SMARTS) is 1. The van der Waals surface area contributed by atoms with E-state index in [1.54, 1.807) is 11.3 Å². The molecule has 0 aliphatic carbocycles. The highest BCUT2D eigenvalue weighted by molar-refractivity contribution is 7.17. The van der Waals surface area contributed by atoms with Gasteiger partial charge in [-0.15, -0.1) is 11.3 Å². The smallest absolute Gasteiger partial charge is 0.325 e. The maximum atomic E-state index is 11.4. The van der Waals surface area contributed by atoms with Crippen LogP contribution in [0, 0.1) is 5.92 Å². The van der Waals surface area contributed by atoms with E-state index in [2.05, 4.69) is 19.2 Å². The van der Waals surface area contributed by atoms with Crippen molar-refractivity contribution in [3.8, 4) is 0 Å². The van der Waals surface area contributed by atoms with E-state index < -0.39 is 12.0 Å². The van der Waals surface area contributed by atoms with Crippen molar-refractivity contribution in [1.29, 1.82) is 0 Å². The van der Waals surface area contributed by atoms with Gasteiger partial charge in [0.1, 0.15) is 6.04 Å². The molecule has 1 heterocycles. The minimum atomic E-state index is -0.820. The summed E-state index contributed by atoms with van der Waals surface area (Å²) in [4.78, 5) is 11.4. The fourth-order valence-corrected chi connectivity index (χ4v) is 2.89. The Kier molecular flexibility index (Phi) is 3.99. The lowest BCUT2D eigenvalue weighted by Crippen LogP contribution is -2.31. The molecule has 0 aliphatic rings. The first-order valence-electron chi connectivity index (χ1n) is 6.02. The van der Waals surface area contributed by atoms with Gasteiger partial charge < -0.3 is 10.4 Å². The molecule has 0 bridgehead atoms. The van der Waals surface area contributed by atoms with Crippen molar-refractivity contribution in [3.05, 3.63) is 35.2 Å². The van der Waals surface area contributed by atoms with Crippen LogP contribution < -0.4 is 5.32 Å². The maximum Gasteiger partial charge on any atom is 0.325 e. The number of fused-ring (bicyclic) bond motifs is 1. The van der Waals surface area contributed by atoms with Crippen molar-refractivity contribution >= 4 is 27.4 Å². The topological polar surface area (TPSA) is 49.3 Å². The quantitative estimate of drug-likeness (QED) is 0.870. The first-order valence-corrected chi connectivity index (χ1v) is 6.90. The van der Waals surface area contributed by atoms with Crippen LogP contribution in [0.2, 0.25) is 0 Å². The zero-order valence-corrected chi connectivity index (χ0v) is 11.3. The van der Waals surface area contributed by atoms with Crippen LogP contribution in [-0.2, 0) is 4.79 Å². The predicted molar refractivity (Wildman–Crippen MR) is 75.0 cm³/mol. The Labute approximate surface area is 110 Å². The number of carbonyl (C=O) groups is 1. The van der Waals surface area contributed by atoms with E-state index in [4.69, 9.17) is 0 Å². The highest BCUT2D eigenvalue weighted by Gasteiger charge is 2.22. The third kappa shape index (κ3) is 2.71. The SMILES string of the molecule is CC(C)CNC(C(=O)O)c1csc2ccccc12. The molecule has 1 atom stereocenters. The number of benzene rings is 1. The van der Waals surface area contributed by atoms with Gasteiger partial charge in [-0.05, 0) is 34.9 Å². The van der Waals surface area contributed by atoms with Crippen LogP contribution in [0.25, 0.3) is 10.1 Å². The first kappa shape index (κ1) is 13.1. The standard InChI is InChI=1S/C14H17NO2S/c1-9(2)7-15-13(14(16)17)11-8-18-12-6-4-3-5-10(11)12/h3-6,8-9,13,15H,7H2,1-2H3,(H,16,17). The molecule has 1 aromatic carbocycles. The summed E-state index contributed by atoms with van der Waals surface area (Å²) in [6.07, 6.45) is 0. The lowest BCUT2D eigenvalue weighted by atomic mass is 10.1. The maximum absolute atomic E-state index is 11.4. The number of rotatable bonds is 5. The van der Waals surface area contributed by atoms with Gasteiger partial charge in [0.05, 0.1) is 0 Å². The van der Waals surface area contributed by atoms with Crippen molar-refractivity contribution in [1.82, 2.24) is 5.32 Å². The number of nitrogens with one attached hydrogen (secondary N) is 1. The monoisotopic (exact) mass is 263 g/mol. The van der Waals surface area contributed by atoms with Crippen LogP contribution in [0.15, 0.2) is 29.6 Å². The van der Waals surface area contributed by atoms with Crippen molar-refractivity contribution in [2.75, 3.05) is 6.54 Å². The van der Waals surface area contributed by atoms with Gasteiger partial charge in [0.2, 0.25) is 0 Å². The second kappa shape index (κ2) is 5.50. The number of carboxylic acids is 1. The van der Waals surface area contributed by atoms with Crippen molar-refractivity contribution in [3.63, 3.8) is 0 Å². The van der Waals surface area contributed by atoms with E-state index >= 15 is 0 Å². The van der Waals surface area contributed by atoms with E-state index in [9.17, 15) is 9.90 Å².